The molecule has 1 aromatic rings. The van der Waals surface area contributed by atoms with Crippen molar-refractivity contribution in [2.24, 2.45) is 17.6 Å². The van der Waals surface area contributed by atoms with Crippen molar-refractivity contribution < 1.29 is 47.6 Å². The number of nitrogens with two attached hydrogens (primary N) is 1. The topological polar surface area (TPSA) is 150 Å². The second-order valence-corrected chi connectivity index (χ2v) is 7.67. The summed E-state index contributed by atoms with van der Waals surface area (Å²) in [6.45, 7) is 5.45. The molecule has 0 amide bonds. The van der Waals surface area contributed by atoms with Crippen molar-refractivity contribution in [1.82, 2.24) is 0 Å². The molecule has 0 aliphatic carbocycles. The molecule has 33 heavy (non-hydrogen) atoms. The van der Waals surface area contributed by atoms with Crippen LogP contribution in [0.4, 0.5) is 9.59 Å². The minimum absolute atomic E-state index is 0.0240. The van der Waals surface area contributed by atoms with Crippen molar-refractivity contribution >= 4 is 24.2 Å². The molecule has 0 aliphatic heterocycles. The van der Waals surface area contributed by atoms with Crippen molar-refractivity contribution in [1.29, 1.82) is 0 Å². The minimum Gasteiger partial charge on any atom is -0.468 e. The average molecular weight is 469 g/mol. The van der Waals surface area contributed by atoms with E-state index in [9.17, 15) is 19.2 Å². The van der Waals surface area contributed by atoms with Crippen LogP contribution in [0.2, 0.25) is 0 Å². The molecule has 1 aromatic carbocycles. The lowest BCUT2D eigenvalue weighted by Crippen LogP contribution is -2.51. The van der Waals surface area contributed by atoms with Gasteiger partial charge in [-0.25, -0.2) is 9.59 Å². The van der Waals surface area contributed by atoms with Gasteiger partial charge in [-0.2, -0.15) is 0 Å². The summed E-state index contributed by atoms with van der Waals surface area (Å²) in [6, 6.07) is 4.21. The predicted octanol–water partition coefficient (Wildman–Crippen LogP) is 2.62. The van der Waals surface area contributed by atoms with E-state index in [1.807, 2.05) is 13.8 Å². The van der Waals surface area contributed by atoms with E-state index in [1.165, 1.54) is 25.3 Å². The highest BCUT2D eigenvalue weighted by Gasteiger charge is 2.36. The Morgan fingerprint density at radius 1 is 0.909 bits per heavy atom. The van der Waals surface area contributed by atoms with Gasteiger partial charge in [0.2, 0.25) is 0 Å². The summed E-state index contributed by atoms with van der Waals surface area (Å²) in [5, 5.41) is 0. The fourth-order valence-electron chi connectivity index (χ4n) is 2.66. The number of hydrogen-bond acceptors (Lipinski definition) is 11. The van der Waals surface area contributed by atoms with Crippen LogP contribution < -0.4 is 15.2 Å². The summed E-state index contributed by atoms with van der Waals surface area (Å²) < 4.78 is 29.0. The Labute approximate surface area is 192 Å². The molecule has 1 unspecified atom stereocenters. The van der Waals surface area contributed by atoms with E-state index in [0.29, 0.717) is 5.56 Å². The van der Waals surface area contributed by atoms with Gasteiger partial charge < -0.3 is 34.2 Å². The van der Waals surface area contributed by atoms with E-state index in [4.69, 9.17) is 24.7 Å². The molecule has 1 rings (SSSR count). The Hall–Kier alpha value is -3.34. The maximum Gasteiger partial charge on any atom is 0.513 e. The van der Waals surface area contributed by atoms with Gasteiger partial charge in [-0.1, -0.05) is 26.8 Å². The number of methoxy groups -OCH3 is 3. The minimum atomic E-state index is -1.55. The highest BCUT2D eigenvalue weighted by atomic mass is 16.7. The summed E-state index contributed by atoms with van der Waals surface area (Å²) >= 11 is 0. The SMILES string of the molecule is COC(=O)Oc1ccc(CC(N)(CCOC(=O)[C@@H](C)C(C)C)C(=O)OC)cc1OC(=O)OC. The first-order chi connectivity index (χ1) is 15.5. The first-order valence-electron chi connectivity index (χ1n) is 10.2. The van der Waals surface area contributed by atoms with E-state index in [0.717, 1.165) is 14.2 Å². The van der Waals surface area contributed by atoms with Gasteiger partial charge in [0.05, 0.1) is 33.9 Å². The maximum absolute atomic E-state index is 12.4. The van der Waals surface area contributed by atoms with Crippen LogP contribution in [0.25, 0.3) is 0 Å². The number of esters is 2. The summed E-state index contributed by atoms with van der Waals surface area (Å²) in [6.07, 6.45) is -2.17. The van der Waals surface area contributed by atoms with E-state index in [2.05, 4.69) is 9.47 Å². The average Bonchev–Trinajstić information content (AvgIpc) is 2.78. The van der Waals surface area contributed by atoms with Crippen molar-refractivity contribution in [2.75, 3.05) is 27.9 Å². The fraction of sp³-hybridized carbons (Fsp3) is 0.545. The van der Waals surface area contributed by atoms with Gasteiger partial charge in [0.15, 0.2) is 11.5 Å². The third kappa shape index (κ3) is 8.26. The van der Waals surface area contributed by atoms with Crippen LogP contribution in [0.5, 0.6) is 11.5 Å². The molecule has 0 heterocycles. The zero-order valence-electron chi connectivity index (χ0n) is 19.7. The Bertz CT molecular complexity index is 854. The standard InChI is InChI=1S/C22H31NO10/c1-13(2)14(3)18(24)31-10-9-22(23,19(25)28-4)12-15-7-8-16(32-20(26)29-5)17(11-15)33-21(27)30-6/h7-8,11,13-14H,9-10,12,23H2,1-6H3/t14-,22?/m0/s1. The molecule has 11 heteroatoms. The lowest BCUT2D eigenvalue weighted by Gasteiger charge is -2.27. The van der Waals surface area contributed by atoms with Gasteiger partial charge >= 0.3 is 24.2 Å². The number of benzene rings is 1. The van der Waals surface area contributed by atoms with Crippen molar-refractivity contribution in [3.05, 3.63) is 23.8 Å². The van der Waals surface area contributed by atoms with Crippen LogP contribution in [-0.2, 0) is 35.0 Å². The zero-order valence-corrected chi connectivity index (χ0v) is 19.7. The van der Waals surface area contributed by atoms with E-state index >= 15 is 0 Å². The van der Waals surface area contributed by atoms with Crippen molar-refractivity contribution in [2.45, 2.75) is 39.2 Å². The third-order valence-corrected chi connectivity index (χ3v) is 5.00. The largest absolute Gasteiger partial charge is 0.513 e. The zero-order chi connectivity index (χ0) is 25.2. The van der Waals surface area contributed by atoms with E-state index in [-0.39, 0.29) is 42.8 Å². The second-order valence-electron chi connectivity index (χ2n) is 7.67. The van der Waals surface area contributed by atoms with E-state index in [1.54, 1.807) is 6.92 Å². The Morgan fingerprint density at radius 3 is 2.00 bits per heavy atom. The van der Waals surface area contributed by atoms with Gasteiger partial charge in [-0.3, -0.25) is 9.59 Å². The third-order valence-electron chi connectivity index (χ3n) is 5.00. The number of carbonyl (C=O) groups is 4. The summed E-state index contributed by atoms with van der Waals surface area (Å²) in [4.78, 5) is 47.6. The van der Waals surface area contributed by atoms with Crippen LogP contribution in [-0.4, -0.2) is 57.7 Å². The number of rotatable bonds is 10. The number of ether oxygens (including phenoxy) is 6. The van der Waals surface area contributed by atoms with Gasteiger partial charge in [0.1, 0.15) is 5.54 Å². The Morgan fingerprint density at radius 2 is 1.48 bits per heavy atom. The second kappa shape index (κ2) is 12.6. The van der Waals surface area contributed by atoms with Crippen LogP contribution in [0.1, 0.15) is 32.8 Å². The van der Waals surface area contributed by atoms with Crippen LogP contribution in [0, 0.1) is 11.8 Å². The molecule has 0 spiro atoms. The summed E-state index contributed by atoms with van der Waals surface area (Å²) in [5.41, 5.74) is 5.21. The lowest BCUT2D eigenvalue weighted by molar-refractivity contribution is -0.153. The molecular weight excluding hydrogens is 438 g/mol. The van der Waals surface area contributed by atoms with Gasteiger partial charge in [-0.15, -0.1) is 0 Å². The number of carbonyl (C=O) groups excluding carboxylic acids is 4. The molecule has 0 saturated carbocycles. The Balaban J connectivity index is 3.10. The predicted molar refractivity (Wildman–Crippen MR) is 115 cm³/mol. The summed E-state index contributed by atoms with van der Waals surface area (Å²) in [5.74, 6) is -1.60. The first-order valence-corrected chi connectivity index (χ1v) is 10.2. The van der Waals surface area contributed by atoms with Crippen LogP contribution in [0.15, 0.2) is 18.2 Å². The van der Waals surface area contributed by atoms with E-state index < -0.39 is 29.8 Å². The normalized spacial score (nSPS) is 13.3. The van der Waals surface area contributed by atoms with Gasteiger partial charge in [0, 0.05) is 12.8 Å². The van der Waals surface area contributed by atoms with Crippen LogP contribution >= 0.6 is 0 Å². The Kier molecular flexibility index (Phi) is 10.6. The van der Waals surface area contributed by atoms with Crippen LogP contribution in [0.3, 0.4) is 0 Å². The monoisotopic (exact) mass is 469 g/mol. The first kappa shape index (κ1) is 27.7. The molecule has 0 aromatic heterocycles. The van der Waals surface area contributed by atoms with Crippen molar-refractivity contribution in [3.8, 4) is 11.5 Å². The molecular formula is C22H31NO10. The quantitative estimate of drug-likeness (QED) is 0.306. The fourth-order valence-corrected chi connectivity index (χ4v) is 2.66. The molecule has 0 bridgehead atoms. The van der Waals surface area contributed by atoms with Crippen molar-refractivity contribution in [3.63, 3.8) is 0 Å². The lowest BCUT2D eigenvalue weighted by atomic mass is 9.88. The molecule has 2 N–H and O–H groups in total. The van der Waals surface area contributed by atoms with Gasteiger partial charge in [-0.05, 0) is 23.6 Å². The molecule has 11 nitrogen and oxygen atoms in total. The molecule has 0 aliphatic rings. The highest BCUT2D eigenvalue weighted by molar-refractivity contribution is 5.81. The highest BCUT2D eigenvalue weighted by Crippen LogP contribution is 2.31. The maximum atomic E-state index is 12.4. The number of hydrogen-bond donors (Lipinski definition) is 1. The molecule has 2 atom stereocenters. The molecule has 0 radical (unpaired) electrons. The molecule has 0 saturated heterocycles. The molecule has 184 valence electrons. The molecule has 0 fully saturated rings. The van der Waals surface area contributed by atoms with Gasteiger partial charge in [0.25, 0.3) is 0 Å². The smallest absolute Gasteiger partial charge is 0.468 e. The summed E-state index contributed by atoms with van der Waals surface area (Å²) in [7, 11) is 3.41.